The van der Waals surface area contributed by atoms with E-state index in [9.17, 15) is 33.9 Å². The summed E-state index contributed by atoms with van der Waals surface area (Å²) in [6.45, 7) is 14.9. The first-order valence-electron chi connectivity index (χ1n) is 16.0. The molecule has 4 fully saturated rings. The highest BCUT2D eigenvalue weighted by molar-refractivity contribution is 6.23. The predicted octanol–water partition coefficient (Wildman–Crippen LogP) is 2.33. The number of ether oxygens (including phenoxy) is 7. The minimum atomic E-state index is -2.39. The molecule has 0 aromatic carbocycles. The Hall–Kier alpha value is -3.23. The third kappa shape index (κ3) is 6.55. The molecule has 0 aromatic heterocycles. The van der Waals surface area contributed by atoms with E-state index in [-0.39, 0.29) is 31.8 Å². The van der Waals surface area contributed by atoms with Crippen molar-refractivity contribution in [2.75, 3.05) is 6.61 Å². The molecule has 0 aromatic rings. The van der Waals surface area contributed by atoms with E-state index in [2.05, 4.69) is 6.58 Å². The number of esters is 6. The average molecular weight is 701 g/mol. The monoisotopic (exact) mass is 700 g/mol. The van der Waals surface area contributed by atoms with Crippen LogP contribution in [0.1, 0.15) is 74.7 Å². The molecule has 2 aliphatic carbocycles. The molecule has 0 amide bonds. The molecule has 2 heterocycles. The summed E-state index contributed by atoms with van der Waals surface area (Å²) < 4.78 is 41.5. The lowest BCUT2D eigenvalue weighted by Crippen LogP contribution is -2.76. The number of carbonyl (C=O) groups is 6. The van der Waals surface area contributed by atoms with Crippen LogP contribution in [-0.4, -0.2) is 101 Å². The lowest BCUT2D eigenvalue weighted by molar-refractivity contribution is -0.285. The predicted molar refractivity (Wildman–Crippen MR) is 164 cm³/mol. The lowest BCUT2D eigenvalue weighted by atomic mass is 9.51. The maximum atomic E-state index is 13.3. The molecule has 12 atom stereocenters. The molecule has 12 unspecified atom stereocenters. The molecule has 4 rings (SSSR count). The van der Waals surface area contributed by atoms with Crippen LogP contribution in [-0.2, 0) is 61.9 Å². The molecule has 15 heteroatoms. The largest absolute Gasteiger partial charge is 0.462 e. The van der Waals surface area contributed by atoms with Crippen LogP contribution >= 0.6 is 11.6 Å². The minimum Gasteiger partial charge on any atom is -0.462 e. The zero-order chi connectivity index (χ0) is 36.1. The fourth-order valence-corrected chi connectivity index (χ4v) is 8.23. The summed E-state index contributed by atoms with van der Waals surface area (Å²) in [4.78, 5) is 77.9. The topological polar surface area (TPSA) is 191 Å². The molecule has 268 valence electrons. The Kier molecular flexibility index (Phi) is 10.6. The molecule has 0 bridgehead atoms. The number of fused-ring (bicyclic) bond motifs is 3. The van der Waals surface area contributed by atoms with Gasteiger partial charge in [0, 0.05) is 40.0 Å². The van der Waals surface area contributed by atoms with Gasteiger partial charge in [0.2, 0.25) is 0 Å². The highest BCUT2D eigenvalue weighted by Gasteiger charge is 2.81. The Morgan fingerprint density at radius 1 is 0.938 bits per heavy atom. The average Bonchev–Trinajstić information content (AvgIpc) is 3.71. The van der Waals surface area contributed by atoms with Crippen molar-refractivity contribution in [3.8, 4) is 0 Å². The Balaban J connectivity index is 2.12. The molecule has 0 radical (unpaired) electrons. The van der Waals surface area contributed by atoms with Crippen LogP contribution < -0.4 is 0 Å². The number of rotatable bonds is 7. The molecular weight excluding hydrogens is 656 g/mol. The van der Waals surface area contributed by atoms with Crippen LogP contribution in [0.15, 0.2) is 12.2 Å². The Labute approximate surface area is 284 Å². The molecule has 14 nitrogen and oxygen atoms in total. The first kappa shape index (κ1) is 37.6. The number of carbonyl (C=O) groups excluding carboxylic acids is 6. The van der Waals surface area contributed by atoms with Gasteiger partial charge in [-0.1, -0.05) is 32.9 Å². The second-order valence-corrected chi connectivity index (χ2v) is 14.4. The molecule has 48 heavy (non-hydrogen) atoms. The summed E-state index contributed by atoms with van der Waals surface area (Å²) in [5.74, 6) is -7.70. The van der Waals surface area contributed by atoms with E-state index in [0.29, 0.717) is 5.57 Å². The van der Waals surface area contributed by atoms with Crippen LogP contribution in [0.4, 0.5) is 0 Å². The van der Waals surface area contributed by atoms with Gasteiger partial charge in [-0.2, -0.15) is 0 Å². The lowest BCUT2D eigenvalue weighted by Gasteiger charge is -2.60. The second-order valence-electron chi connectivity index (χ2n) is 13.9. The number of hydrogen-bond donors (Lipinski definition) is 1. The van der Waals surface area contributed by atoms with Gasteiger partial charge >= 0.3 is 35.8 Å². The van der Waals surface area contributed by atoms with Gasteiger partial charge in [0.1, 0.15) is 17.8 Å². The zero-order valence-electron chi connectivity index (χ0n) is 28.4. The molecule has 1 N–H and O–H groups in total. The number of epoxide rings is 1. The third-order valence-corrected chi connectivity index (χ3v) is 10.5. The fourth-order valence-electron chi connectivity index (χ4n) is 7.87. The molecule has 4 aliphatic rings. The maximum Gasteiger partial charge on any atom is 0.312 e. The molecule has 2 aliphatic heterocycles. The van der Waals surface area contributed by atoms with E-state index in [1.165, 1.54) is 13.8 Å². The van der Waals surface area contributed by atoms with E-state index >= 15 is 0 Å². The third-order valence-electron chi connectivity index (χ3n) is 9.98. The quantitative estimate of drug-likeness (QED) is 0.134. The molecular formula is C33H45ClO14. The van der Waals surface area contributed by atoms with E-state index in [4.69, 9.17) is 44.8 Å². The summed E-state index contributed by atoms with van der Waals surface area (Å²) in [6, 6.07) is 0. The summed E-state index contributed by atoms with van der Waals surface area (Å²) in [6.07, 6.45) is -9.07. The van der Waals surface area contributed by atoms with Crippen molar-refractivity contribution in [1.82, 2.24) is 0 Å². The van der Waals surface area contributed by atoms with Gasteiger partial charge < -0.3 is 38.3 Å². The van der Waals surface area contributed by atoms with Gasteiger partial charge in [-0.15, -0.1) is 11.6 Å². The minimum absolute atomic E-state index is 0.00515. The Morgan fingerprint density at radius 2 is 1.46 bits per heavy atom. The van der Waals surface area contributed by atoms with Crippen LogP contribution in [0.2, 0.25) is 0 Å². The summed E-state index contributed by atoms with van der Waals surface area (Å²) in [5, 5.41) is 11.6. The van der Waals surface area contributed by atoms with Crippen molar-refractivity contribution in [1.29, 1.82) is 0 Å². The number of alkyl halides is 1. The van der Waals surface area contributed by atoms with Crippen LogP contribution in [0.25, 0.3) is 0 Å². The highest BCUT2D eigenvalue weighted by atomic mass is 35.5. The first-order valence-corrected chi connectivity index (χ1v) is 16.4. The smallest absolute Gasteiger partial charge is 0.312 e. The maximum absolute atomic E-state index is 13.3. The normalized spacial score (nSPS) is 40.5. The summed E-state index contributed by atoms with van der Waals surface area (Å²) in [7, 11) is 0. The van der Waals surface area contributed by atoms with Crippen molar-refractivity contribution in [3.05, 3.63) is 12.2 Å². The highest BCUT2D eigenvalue weighted by Crippen LogP contribution is 2.64. The molecule has 2 saturated carbocycles. The van der Waals surface area contributed by atoms with E-state index in [1.807, 2.05) is 0 Å². The van der Waals surface area contributed by atoms with Gasteiger partial charge in [-0.25, -0.2) is 0 Å². The van der Waals surface area contributed by atoms with E-state index < -0.39 is 106 Å². The van der Waals surface area contributed by atoms with Crippen molar-refractivity contribution in [3.63, 3.8) is 0 Å². The van der Waals surface area contributed by atoms with Crippen molar-refractivity contribution in [2.45, 2.75) is 128 Å². The SMILES string of the molecule is C=C1CCC(OC(C)=O)C2(C)C(OC(C)=O)C(OC(=O)CC(C)C)C(OC(C)=O)C3(CO3)C2C(OC(C)=O)C2(O)C(C)C(=O)OC2C1Cl. The van der Waals surface area contributed by atoms with Gasteiger partial charge in [0.25, 0.3) is 0 Å². The van der Waals surface area contributed by atoms with E-state index in [1.54, 1.807) is 20.8 Å². The van der Waals surface area contributed by atoms with Gasteiger partial charge in [0.15, 0.2) is 30.0 Å². The Morgan fingerprint density at radius 3 is 1.96 bits per heavy atom. The second kappa shape index (κ2) is 13.6. The molecule has 2 saturated heterocycles. The van der Waals surface area contributed by atoms with Crippen molar-refractivity contribution < 1.29 is 67.0 Å². The fraction of sp³-hybridized carbons (Fsp3) is 0.758. The zero-order valence-corrected chi connectivity index (χ0v) is 29.2. The number of hydrogen-bond acceptors (Lipinski definition) is 14. The first-order chi connectivity index (χ1) is 22.2. The van der Waals surface area contributed by atoms with Crippen LogP contribution in [0.5, 0.6) is 0 Å². The van der Waals surface area contributed by atoms with Crippen LogP contribution in [0, 0.1) is 23.2 Å². The molecule has 1 spiro atoms. The van der Waals surface area contributed by atoms with E-state index in [0.717, 1.165) is 20.8 Å². The van der Waals surface area contributed by atoms with Gasteiger partial charge in [-0.05, 0) is 25.7 Å². The summed E-state index contributed by atoms with van der Waals surface area (Å²) >= 11 is 6.85. The number of aliphatic hydroxyl groups is 1. The van der Waals surface area contributed by atoms with Crippen LogP contribution in [0.3, 0.4) is 0 Å². The van der Waals surface area contributed by atoms with Crippen molar-refractivity contribution >= 4 is 47.4 Å². The van der Waals surface area contributed by atoms with Crippen molar-refractivity contribution in [2.24, 2.45) is 23.2 Å². The number of halogens is 1. The van der Waals surface area contributed by atoms with Gasteiger partial charge in [0.05, 0.1) is 23.3 Å². The summed E-state index contributed by atoms with van der Waals surface area (Å²) in [5.41, 5.74) is -5.54. The standard InChI is InChI=1S/C33H45ClO14/c1-14(2)12-22(39)47-24-27(44-18(6)36)31(9)21(43-17(5)35)11-10-15(3)23(34)26-33(41,16(4)30(40)48-26)29(46-20(8)38)25(31)32(13-42-32)28(24)45-19(7)37/h14,16,21,23-29,41H,3,10-13H2,1-2,4-9H3. The van der Waals surface area contributed by atoms with Gasteiger partial charge in [-0.3, -0.25) is 28.8 Å². The Bertz CT molecular complexity index is 1360.